The molecule has 0 radical (unpaired) electrons. The smallest absolute Gasteiger partial charge is 0.337 e. The van der Waals surface area contributed by atoms with E-state index in [1.165, 1.54) is 12.1 Å². The summed E-state index contributed by atoms with van der Waals surface area (Å²) in [7, 11) is -4.00. The van der Waals surface area contributed by atoms with E-state index < -0.39 is 21.8 Å². The number of halogens is 1. The highest BCUT2D eigenvalue weighted by Gasteiger charge is 2.15. The Labute approximate surface area is 114 Å². The van der Waals surface area contributed by atoms with E-state index in [-0.39, 0.29) is 16.1 Å². The Morgan fingerprint density at radius 2 is 2.00 bits per heavy atom. The van der Waals surface area contributed by atoms with Crippen molar-refractivity contribution in [2.75, 3.05) is 4.72 Å². The van der Waals surface area contributed by atoms with Crippen LogP contribution in [-0.4, -0.2) is 24.5 Å². The van der Waals surface area contributed by atoms with Gasteiger partial charge in [-0.05, 0) is 24.3 Å². The van der Waals surface area contributed by atoms with Gasteiger partial charge in [-0.1, -0.05) is 6.07 Å². The number of aromatic carboxylic acids is 1. The summed E-state index contributed by atoms with van der Waals surface area (Å²) in [6.45, 7) is 0. The Morgan fingerprint density at radius 1 is 1.25 bits per heavy atom. The number of anilines is 1. The SMILES string of the molecule is O=C(O)c1cncc(NS(=O)(=O)c2cccc(F)c2)c1. The lowest BCUT2D eigenvalue weighted by Crippen LogP contribution is -2.13. The lowest BCUT2D eigenvalue weighted by molar-refractivity contribution is 0.0696. The van der Waals surface area contributed by atoms with E-state index in [1.807, 2.05) is 0 Å². The highest BCUT2D eigenvalue weighted by molar-refractivity contribution is 7.92. The molecule has 0 unspecified atom stereocenters. The minimum Gasteiger partial charge on any atom is -0.478 e. The maximum absolute atomic E-state index is 13.0. The van der Waals surface area contributed by atoms with E-state index in [0.717, 1.165) is 30.6 Å². The molecule has 2 rings (SSSR count). The molecule has 2 aromatic rings. The quantitative estimate of drug-likeness (QED) is 0.895. The van der Waals surface area contributed by atoms with Crippen LogP contribution in [-0.2, 0) is 10.0 Å². The second-order valence-electron chi connectivity index (χ2n) is 3.83. The van der Waals surface area contributed by atoms with Gasteiger partial charge < -0.3 is 5.11 Å². The number of rotatable bonds is 4. The molecule has 0 atom stereocenters. The van der Waals surface area contributed by atoms with Crippen molar-refractivity contribution >= 4 is 21.7 Å². The monoisotopic (exact) mass is 296 g/mol. The highest BCUT2D eigenvalue weighted by Crippen LogP contribution is 2.17. The number of pyridine rings is 1. The van der Waals surface area contributed by atoms with Crippen molar-refractivity contribution < 1.29 is 22.7 Å². The first kappa shape index (κ1) is 13.9. The van der Waals surface area contributed by atoms with Crippen molar-refractivity contribution in [2.24, 2.45) is 0 Å². The number of sulfonamides is 1. The number of carboxylic acid groups (broad SMARTS) is 1. The second-order valence-corrected chi connectivity index (χ2v) is 5.51. The van der Waals surface area contributed by atoms with Crippen LogP contribution in [0.5, 0.6) is 0 Å². The van der Waals surface area contributed by atoms with Gasteiger partial charge in [0.1, 0.15) is 5.82 Å². The molecule has 0 saturated carbocycles. The van der Waals surface area contributed by atoms with Gasteiger partial charge in [-0.25, -0.2) is 17.6 Å². The van der Waals surface area contributed by atoms with Gasteiger partial charge in [-0.3, -0.25) is 9.71 Å². The van der Waals surface area contributed by atoms with E-state index in [4.69, 9.17) is 5.11 Å². The van der Waals surface area contributed by atoms with Crippen molar-refractivity contribution in [1.82, 2.24) is 4.98 Å². The molecule has 104 valence electrons. The minimum absolute atomic E-state index is 0.0193. The molecule has 0 aliphatic carbocycles. The molecule has 8 heteroatoms. The van der Waals surface area contributed by atoms with E-state index in [9.17, 15) is 17.6 Å². The van der Waals surface area contributed by atoms with Crippen LogP contribution in [0.25, 0.3) is 0 Å². The lowest BCUT2D eigenvalue weighted by Gasteiger charge is -2.08. The zero-order chi connectivity index (χ0) is 14.8. The van der Waals surface area contributed by atoms with Gasteiger partial charge in [-0.15, -0.1) is 0 Å². The van der Waals surface area contributed by atoms with Crippen LogP contribution in [0.3, 0.4) is 0 Å². The van der Waals surface area contributed by atoms with Gasteiger partial charge >= 0.3 is 5.97 Å². The van der Waals surface area contributed by atoms with Crippen molar-refractivity contribution in [2.45, 2.75) is 4.90 Å². The predicted octanol–water partition coefficient (Wildman–Crippen LogP) is 1.72. The van der Waals surface area contributed by atoms with E-state index >= 15 is 0 Å². The number of carbonyl (C=O) groups is 1. The van der Waals surface area contributed by atoms with Gasteiger partial charge in [0.15, 0.2) is 0 Å². The van der Waals surface area contributed by atoms with Crippen LogP contribution < -0.4 is 4.72 Å². The number of hydrogen-bond acceptors (Lipinski definition) is 4. The molecule has 2 N–H and O–H groups in total. The molecule has 6 nitrogen and oxygen atoms in total. The Morgan fingerprint density at radius 3 is 2.65 bits per heavy atom. The minimum atomic E-state index is -4.00. The summed E-state index contributed by atoms with van der Waals surface area (Å²) in [5.41, 5.74) is -0.182. The Hall–Kier alpha value is -2.48. The summed E-state index contributed by atoms with van der Waals surface area (Å²) in [5.74, 6) is -1.92. The van der Waals surface area contributed by atoms with Crippen LogP contribution in [0.4, 0.5) is 10.1 Å². The largest absolute Gasteiger partial charge is 0.478 e. The van der Waals surface area contributed by atoms with E-state index in [2.05, 4.69) is 9.71 Å². The summed E-state index contributed by atoms with van der Waals surface area (Å²) < 4.78 is 39.1. The third-order valence-electron chi connectivity index (χ3n) is 2.34. The third-order valence-corrected chi connectivity index (χ3v) is 3.72. The zero-order valence-corrected chi connectivity index (χ0v) is 10.8. The van der Waals surface area contributed by atoms with Crippen molar-refractivity contribution in [3.8, 4) is 0 Å². The van der Waals surface area contributed by atoms with Crippen LogP contribution >= 0.6 is 0 Å². The Bertz CT molecular complexity index is 762. The molecule has 0 spiro atoms. The average Bonchev–Trinajstić information content (AvgIpc) is 2.38. The fraction of sp³-hybridized carbons (Fsp3) is 0. The zero-order valence-electron chi connectivity index (χ0n) is 9.95. The predicted molar refractivity (Wildman–Crippen MR) is 68.4 cm³/mol. The van der Waals surface area contributed by atoms with Gasteiger partial charge in [0.25, 0.3) is 10.0 Å². The van der Waals surface area contributed by atoms with Crippen LogP contribution in [0.15, 0.2) is 47.6 Å². The second kappa shape index (κ2) is 5.25. The fourth-order valence-corrected chi connectivity index (χ4v) is 2.53. The van der Waals surface area contributed by atoms with E-state index in [0.29, 0.717) is 0 Å². The number of hydrogen-bond donors (Lipinski definition) is 2. The molecule has 0 saturated heterocycles. The van der Waals surface area contributed by atoms with Gasteiger partial charge in [0, 0.05) is 6.20 Å². The summed E-state index contributed by atoms with van der Waals surface area (Å²) in [6, 6.07) is 5.57. The molecule has 1 aromatic carbocycles. The van der Waals surface area contributed by atoms with Crippen molar-refractivity contribution in [1.29, 1.82) is 0 Å². The highest BCUT2D eigenvalue weighted by atomic mass is 32.2. The summed E-state index contributed by atoms with van der Waals surface area (Å²) in [4.78, 5) is 14.1. The van der Waals surface area contributed by atoms with Crippen LogP contribution in [0.2, 0.25) is 0 Å². The normalized spacial score (nSPS) is 11.1. The maximum Gasteiger partial charge on any atom is 0.337 e. The Balaban J connectivity index is 2.33. The molecule has 0 fully saturated rings. The average molecular weight is 296 g/mol. The Kier molecular flexibility index (Phi) is 3.66. The molecule has 0 bridgehead atoms. The third kappa shape index (κ3) is 3.09. The van der Waals surface area contributed by atoms with Gasteiger partial charge in [0.2, 0.25) is 0 Å². The van der Waals surface area contributed by atoms with Crippen LogP contribution in [0.1, 0.15) is 10.4 Å². The molecule has 1 heterocycles. The number of aromatic nitrogens is 1. The first-order valence-electron chi connectivity index (χ1n) is 5.35. The van der Waals surface area contributed by atoms with Gasteiger partial charge in [0.05, 0.1) is 22.3 Å². The lowest BCUT2D eigenvalue weighted by atomic mass is 10.3. The molecular weight excluding hydrogens is 287 g/mol. The molecular formula is C12H9FN2O4S. The standard InChI is InChI=1S/C12H9FN2O4S/c13-9-2-1-3-11(5-9)20(18,19)15-10-4-8(12(16)17)6-14-7-10/h1-7,15H,(H,16,17). The number of benzene rings is 1. The fourth-order valence-electron chi connectivity index (χ4n) is 1.46. The van der Waals surface area contributed by atoms with Crippen molar-refractivity contribution in [3.63, 3.8) is 0 Å². The van der Waals surface area contributed by atoms with Gasteiger partial charge in [-0.2, -0.15) is 0 Å². The van der Waals surface area contributed by atoms with Crippen molar-refractivity contribution in [3.05, 3.63) is 54.1 Å². The first-order valence-corrected chi connectivity index (χ1v) is 6.83. The topological polar surface area (TPSA) is 96.4 Å². The first-order chi connectivity index (χ1) is 9.38. The number of carboxylic acids is 1. The van der Waals surface area contributed by atoms with E-state index in [1.54, 1.807) is 0 Å². The maximum atomic E-state index is 13.0. The summed E-state index contributed by atoms with van der Waals surface area (Å²) in [5, 5.41) is 8.79. The summed E-state index contributed by atoms with van der Waals surface area (Å²) >= 11 is 0. The number of nitrogens with one attached hydrogen (secondary N) is 1. The molecule has 0 aliphatic rings. The number of nitrogens with zero attached hydrogens (tertiary/aromatic N) is 1. The van der Waals surface area contributed by atoms with Crippen LogP contribution in [0, 0.1) is 5.82 Å². The molecule has 1 aromatic heterocycles. The summed E-state index contributed by atoms with van der Waals surface area (Å²) in [6.07, 6.45) is 2.24. The molecule has 0 amide bonds. The molecule has 0 aliphatic heterocycles. The molecule has 20 heavy (non-hydrogen) atoms.